The Kier molecular flexibility index (Phi) is 5.82. The molecule has 0 unspecified atom stereocenters. The smallest absolute Gasteiger partial charge is 0.120 e. The van der Waals surface area contributed by atoms with Gasteiger partial charge in [0.05, 0.1) is 0 Å². The maximum atomic E-state index is 9.72. The molecule has 0 amide bonds. The van der Waals surface area contributed by atoms with Crippen molar-refractivity contribution in [3.8, 4) is 0 Å². The van der Waals surface area contributed by atoms with Gasteiger partial charge in [-0.15, -0.1) is 0 Å². The van der Waals surface area contributed by atoms with Gasteiger partial charge in [0.15, 0.2) is 0 Å². The lowest BCUT2D eigenvalue weighted by Crippen LogP contribution is -1.77. The van der Waals surface area contributed by atoms with Crippen LogP contribution in [0.15, 0.2) is 4.99 Å². The first kappa shape index (κ1) is 7.34. The maximum Gasteiger partial charge on any atom is 0.120 e. The first-order chi connectivity index (χ1) is 3.91. The topological polar surface area (TPSA) is 29.4 Å². The van der Waals surface area contributed by atoms with Gasteiger partial charge >= 0.3 is 0 Å². The van der Waals surface area contributed by atoms with Gasteiger partial charge in [0.1, 0.15) is 6.29 Å². The summed E-state index contributed by atoms with van der Waals surface area (Å²) in [5.74, 6) is 0. The lowest BCUT2D eigenvalue weighted by Gasteiger charge is -1.82. The fraction of sp³-hybridized carbons (Fsp3) is 0.667. The normalized spacial score (nSPS) is 10.1. The van der Waals surface area contributed by atoms with Crippen LogP contribution in [-0.2, 0) is 4.79 Å². The van der Waals surface area contributed by atoms with Gasteiger partial charge in [0.2, 0.25) is 0 Å². The minimum Gasteiger partial charge on any atom is -0.303 e. The Hall–Kier alpha value is -0.660. The Morgan fingerprint density at radius 3 is 2.75 bits per heavy atom. The van der Waals surface area contributed by atoms with Gasteiger partial charge in [-0.1, -0.05) is 0 Å². The predicted octanol–water partition coefficient (Wildman–Crippen LogP) is 1.06. The molecule has 2 heteroatoms. The summed E-state index contributed by atoms with van der Waals surface area (Å²) in [6, 6.07) is 0. The lowest BCUT2D eigenvalue weighted by atomic mass is 10.3. The van der Waals surface area contributed by atoms with Crippen LogP contribution in [0.5, 0.6) is 0 Å². The summed E-state index contributed by atoms with van der Waals surface area (Å²) in [6.07, 6.45) is 5.27. The summed E-state index contributed by atoms with van der Waals surface area (Å²) in [7, 11) is 1.74. The van der Waals surface area contributed by atoms with Crippen molar-refractivity contribution in [2.45, 2.75) is 19.3 Å². The van der Waals surface area contributed by atoms with Crippen LogP contribution in [0, 0.1) is 0 Å². The first-order valence-corrected chi connectivity index (χ1v) is 2.76. The molecule has 0 aliphatic rings. The molecule has 0 heterocycles. The highest BCUT2D eigenvalue weighted by atomic mass is 16.1. The zero-order valence-corrected chi connectivity index (χ0v) is 5.13. The zero-order chi connectivity index (χ0) is 6.24. The van der Waals surface area contributed by atoms with Gasteiger partial charge < -0.3 is 9.79 Å². The van der Waals surface area contributed by atoms with Gasteiger partial charge in [0.25, 0.3) is 0 Å². The summed E-state index contributed by atoms with van der Waals surface area (Å²) in [5, 5.41) is 0. The van der Waals surface area contributed by atoms with Gasteiger partial charge in [-0.3, -0.25) is 0 Å². The van der Waals surface area contributed by atoms with E-state index in [0.29, 0.717) is 6.42 Å². The third kappa shape index (κ3) is 5.34. The Balaban J connectivity index is 2.82. The zero-order valence-electron chi connectivity index (χ0n) is 5.13. The predicted molar refractivity (Wildman–Crippen MR) is 34.3 cm³/mol. The van der Waals surface area contributed by atoms with E-state index in [1.807, 2.05) is 6.21 Å². The number of hydrogen-bond donors (Lipinski definition) is 0. The Labute approximate surface area is 49.6 Å². The number of aliphatic imine (C=N–C) groups is 1. The molecular weight excluding hydrogens is 102 g/mol. The highest BCUT2D eigenvalue weighted by Gasteiger charge is 1.79. The number of nitrogens with zero attached hydrogens (tertiary/aromatic N) is 1. The Morgan fingerprint density at radius 2 is 2.25 bits per heavy atom. The van der Waals surface area contributed by atoms with E-state index in [-0.39, 0.29) is 0 Å². The van der Waals surface area contributed by atoms with Crippen LogP contribution < -0.4 is 0 Å². The third-order valence-electron chi connectivity index (χ3n) is 0.838. The molecule has 0 N–H and O–H groups in total. The minimum atomic E-state index is 0.659. The average Bonchev–Trinajstić information content (AvgIpc) is 1.81. The monoisotopic (exact) mass is 113 g/mol. The average molecular weight is 113 g/mol. The quantitative estimate of drug-likeness (QED) is 0.304. The van der Waals surface area contributed by atoms with Gasteiger partial charge in [0, 0.05) is 13.5 Å². The molecule has 0 rings (SSSR count). The van der Waals surface area contributed by atoms with E-state index in [1.165, 1.54) is 0 Å². The standard InChI is InChI=1S/C6H11NO/c1-7-5-3-2-4-6-8/h5-6H,2-4H2,1H3/b7-5+. The lowest BCUT2D eigenvalue weighted by molar-refractivity contribution is -0.107. The Morgan fingerprint density at radius 1 is 1.50 bits per heavy atom. The van der Waals surface area contributed by atoms with Crippen LogP contribution in [0.1, 0.15) is 19.3 Å². The van der Waals surface area contributed by atoms with Gasteiger partial charge in [-0.25, -0.2) is 0 Å². The summed E-state index contributed by atoms with van der Waals surface area (Å²) in [5.41, 5.74) is 0. The second kappa shape index (κ2) is 6.34. The molecule has 0 aromatic carbocycles. The molecule has 0 spiro atoms. The summed E-state index contributed by atoms with van der Waals surface area (Å²) in [6.45, 7) is 0. The van der Waals surface area contributed by atoms with Crippen molar-refractivity contribution in [2.24, 2.45) is 4.99 Å². The van der Waals surface area contributed by atoms with E-state index in [4.69, 9.17) is 0 Å². The molecule has 0 saturated carbocycles. The molecule has 46 valence electrons. The van der Waals surface area contributed by atoms with Crippen molar-refractivity contribution in [1.82, 2.24) is 0 Å². The van der Waals surface area contributed by atoms with E-state index in [1.54, 1.807) is 7.05 Å². The molecule has 0 aromatic heterocycles. The number of carbonyl (C=O) groups is 1. The van der Waals surface area contributed by atoms with Crippen LogP contribution in [0.4, 0.5) is 0 Å². The highest BCUT2D eigenvalue weighted by molar-refractivity contribution is 5.58. The molecule has 0 bridgehead atoms. The first-order valence-electron chi connectivity index (χ1n) is 2.76. The molecule has 0 aliphatic heterocycles. The maximum absolute atomic E-state index is 9.72. The fourth-order valence-electron chi connectivity index (χ4n) is 0.422. The van der Waals surface area contributed by atoms with Crippen LogP contribution in [-0.4, -0.2) is 19.5 Å². The second-order valence-electron chi connectivity index (χ2n) is 1.54. The van der Waals surface area contributed by atoms with Gasteiger partial charge in [-0.2, -0.15) is 0 Å². The van der Waals surface area contributed by atoms with Crippen LogP contribution in [0.25, 0.3) is 0 Å². The van der Waals surface area contributed by atoms with E-state index < -0.39 is 0 Å². The third-order valence-corrected chi connectivity index (χ3v) is 0.838. The summed E-state index contributed by atoms with van der Waals surface area (Å²) >= 11 is 0. The van der Waals surface area contributed by atoms with Crippen molar-refractivity contribution in [3.63, 3.8) is 0 Å². The van der Waals surface area contributed by atoms with Crippen LogP contribution in [0.3, 0.4) is 0 Å². The molecule has 0 atom stereocenters. The SMILES string of the molecule is C/N=C/CCCC=O. The van der Waals surface area contributed by atoms with E-state index in [2.05, 4.69) is 4.99 Å². The van der Waals surface area contributed by atoms with E-state index >= 15 is 0 Å². The largest absolute Gasteiger partial charge is 0.303 e. The fourth-order valence-corrected chi connectivity index (χ4v) is 0.422. The van der Waals surface area contributed by atoms with Crippen molar-refractivity contribution in [3.05, 3.63) is 0 Å². The number of carbonyl (C=O) groups excluding carboxylic acids is 1. The van der Waals surface area contributed by atoms with Crippen molar-refractivity contribution < 1.29 is 4.79 Å². The van der Waals surface area contributed by atoms with Crippen molar-refractivity contribution in [2.75, 3.05) is 7.05 Å². The molecule has 0 fully saturated rings. The number of rotatable bonds is 4. The number of hydrogen-bond acceptors (Lipinski definition) is 2. The Bertz CT molecular complexity index is 78.6. The molecule has 8 heavy (non-hydrogen) atoms. The molecule has 0 aromatic rings. The van der Waals surface area contributed by atoms with E-state index in [0.717, 1.165) is 19.1 Å². The molecule has 2 nitrogen and oxygen atoms in total. The van der Waals surface area contributed by atoms with Crippen LogP contribution >= 0.6 is 0 Å². The molecule has 0 aliphatic carbocycles. The molecular formula is C6H11NO. The summed E-state index contributed by atoms with van der Waals surface area (Å²) in [4.78, 5) is 13.5. The molecule has 0 saturated heterocycles. The minimum absolute atomic E-state index is 0.659. The number of aldehydes is 1. The van der Waals surface area contributed by atoms with E-state index in [9.17, 15) is 4.79 Å². The molecule has 0 radical (unpaired) electrons. The second-order valence-corrected chi connectivity index (χ2v) is 1.54. The summed E-state index contributed by atoms with van der Waals surface area (Å²) < 4.78 is 0. The highest BCUT2D eigenvalue weighted by Crippen LogP contribution is 1.87. The van der Waals surface area contributed by atoms with Gasteiger partial charge in [-0.05, 0) is 19.1 Å². The van der Waals surface area contributed by atoms with Crippen molar-refractivity contribution >= 4 is 12.5 Å². The van der Waals surface area contributed by atoms with Crippen molar-refractivity contribution in [1.29, 1.82) is 0 Å². The number of unbranched alkanes of at least 4 members (excludes halogenated alkanes) is 2. The van der Waals surface area contributed by atoms with Crippen LogP contribution in [0.2, 0.25) is 0 Å².